The number of imidazole rings is 1. The van der Waals surface area contributed by atoms with Gasteiger partial charge in [0.25, 0.3) is 0 Å². The number of alkyl halides is 1. The Labute approximate surface area is 166 Å². The molecular formula is C21H22F2N6. The number of hydrogen-bond donors (Lipinski definition) is 0. The monoisotopic (exact) mass is 396 g/mol. The first-order chi connectivity index (χ1) is 13.9. The molecule has 4 aromatic rings. The fraction of sp³-hybridized carbons (Fsp3) is 0.381. The maximum Gasteiger partial charge on any atom is 0.156 e. The Hall–Kier alpha value is -2.87. The number of likely N-dealkylation sites (tertiary alicyclic amines) is 1. The molecule has 0 N–H and O–H groups in total. The van der Waals surface area contributed by atoms with Crippen LogP contribution in [0.3, 0.4) is 0 Å². The topological polar surface area (TPSA) is 51.3 Å². The van der Waals surface area contributed by atoms with Gasteiger partial charge in [-0.15, -0.1) is 0 Å². The zero-order valence-electron chi connectivity index (χ0n) is 16.6. The number of rotatable bonds is 2. The normalized spacial score (nSPS) is 20.7. The fourth-order valence-electron chi connectivity index (χ4n) is 4.16. The third kappa shape index (κ3) is 3.07. The second kappa shape index (κ2) is 6.59. The van der Waals surface area contributed by atoms with E-state index in [2.05, 4.69) is 15.2 Å². The molecule has 0 bridgehead atoms. The molecule has 1 aromatic carbocycles. The Morgan fingerprint density at radius 3 is 2.72 bits per heavy atom. The number of halogens is 2. The van der Waals surface area contributed by atoms with Gasteiger partial charge in [-0.25, -0.2) is 18.3 Å². The van der Waals surface area contributed by atoms with Gasteiger partial charge in [0.2, 0.25) is 0 Å². The van der Waals surface area contributed by atoms with E-state index in [9.17, 15) is 8.78 Å². The molecule has 0 spiro atoms. The van der Waals surface area contributed by atoms with Crippen LogP contribution in [-0.2, 0) is 0 Å². The van der Waals surface area contributed by atoms with Gasteiger partial charge in [0.05, 0.1) is 23.6 Å². The number of aryl methyl sites for hydroxylation is 2. The van der Waals surface area contributed by atoms with E-state index in [4.69, 9.17) is 0 Å². The maximum absolute atomic E-state index is 14.9. The summed E-state index contributed by atoms with van der Waals surface area (Å²) in [6, 6.07) is 4.84. The molecule has 1 aliphatic heterocycles. The van der Waals surface area contributed by atoms with Crippen molar-refractivity contribution >= 4 is 16.6 Å². The summed E-state index contributed by atoms with van der Waals surface area (Å²) in [4.78, 5) is 6.42. The molecular weight excluding hydrogens is 374 g/mol. The van der Waals surface area contributed by atoms with Gasteiger partial charge >= 0.3 is 0 Å². The minimum atomic E-state index is -1.03. The van der Waals surface area contributed by atoms with Crippen molar-refractivity contribution in [1.29, 1.82) is 0 Å². The molecule has 150 valence electrons. The van der Waals surface area contributed by atoms with Crippen molar-refractivity contribution in [2.24, 2.45) is 0 Å². The summed E-state index contributed by atoms with van der Waals surface area (Å²) < 4.78 is 32.7. The van der Waals surface area contributed by atoms with Crippen LogP contribution in [0.25, 0.3) is 27.8 Å². The molecule has 4 heterocycles. The lowest BCUT2D eigenvalue weighted by molar-refractivity contribution is 0.101. The van der Waals surface area contributed by atoms with Crippen LogP contribution in [-0.4, -0.2) is 55.6 Å². The Morgan fingerprint density at radius 2 is 1.93 bits per heavy atom. The molecule has 1 aliphatic rings. The second-order valence-electron chi connectivity index (χ2n) is 8.00. The zero-order valence-corrected chi connectivity index (χ0v) is 16.6. The molecule has 5 rings (SSSR count). The molecule has 8 heteroatoms. The highest BCUT2D eigenvalue weighted by molar-refractivity contribution is 5.84. The largest absolute Gasteiger partial charge is 0.303 e. The lowest BCUT2D eigenvalue weighted by atomic mass is 10.0. The van der Waals surface area contributed by atoms with Gasteiger partial charge in [0, 0.05) is 30.2 Å². The first kappa shape index (κ1) is 18.2. The van der Waals surface area contributed by atoms with Crippen LogP contribution in [0.1, 0.15) is 23.7 Å². The molecule has 0 aliphatic carbocycles. The van der Waals surface area contributed by atoms with Gasteiger partial charge in [-0.2, -0.15) is 10.2 Å². The number of nitrogens with zero attached hydrogens (tertiary/aromatic N) is 6. The van der Waals surface area contributed by atoms with E-state index in [1.54, 1.807) is 15.4 Å². The van der Waals surface area contributed by atoms with E-state index >= 15 is 0 Å². The van der Waals surface area contributed by atoms with E-state index in [0.29, 0.717) is 29.6 Å². The number of hydrogen-bond acceptors (Lipinski definition) is 4. The predicted molar refractivity (Wildman–Crippen MR) is 107 cm³/mol. The number of benzene rings is 1. The first-order valence-corrected chi connectivity index (χ1v) is 9.74. The zero-order chi connectivity index (χ0) is 20.3. The molecule has 3 aromatic heterocycles. The van der Waals surface area contributed by atoms with Crippen molar-refractivity contribution in [1.82, 2.24) is 29.3 Å². The van der Waals surface area contributed by atoms with Crippen LogP contribution in [0, 0.1) is 19.7 Å². The fourth-order valence-corrected chi connectivity index (χ4v) is 4.16. The van der Waals surface area contributed by atoms with Gasteiger partial charge in [-0.1, -0.05) is 0 Å². The molecule has 0 unspecified atom stereocenters. The van der Waals surface area contributed by atoms with Crippen LogP contribution >= 0.6 is 0 Å². The molecule has 29 heavy (non-hydrogen) atoms. The van der Waals surface area contributed by atoms with Gasteiger partial charge in [0.1, 0.15) is 11.7 Å². The average Bonchev–Trinajstić information content (AvgIpc) is 3.25. The quantitative estimate of drug-likeness (QED) is 0.518. The summed E-state index contributed by atoms with van der Waals surface area (Å²) in [5.41, 5.74) is 4.20. The Morgan fingerprint density at radius 1 is 1.10 bits per heavy atom. The Kier molecular flexibility index (Phi) is 4.13. The molecule has 0 radical (unpaired) electrons. The minimum absolute atomic E-state index is 0.260. The molecule has 6 nitrogen and oxygen atoms in total. The lowest BCUT2D eigenvalue weighted by Gasteiger charge is -2.32. The van der Waals surface area contributed by atoms with Crippen molar-refractivity contribution in [3.8, 4) is 11.3 Å². The van der Waals surface area contributed by atoms with E-state index < -0.39 is 12.0 Å². The predicted octanol–water partition coefficient (Wildman–Crippen LogP) is 3.72. The van der Waals surface area contributed by atoms with Crippen LogP contribution < -0.4 is 0 Å². The van der Waals surface area contributed by atoms with Crippen molar-refractivity contribution < 1.29 is 8.78 Å². The molecule has 0 amide bonds. The third-order valence-electron chi connectivity index (χ3n) is 5.66. The summed E-state index contributed by atoms with van der Waals surface area (Å²) >= 11 is 0. The van der Waals surface area contributed by atoms with Gasteiger partial charge < -0.3 is 4.90 Å². The standard InChI is InChI=1S/C21H22F2N6/c1-12-6-18(25-29-9-13(2)24-21(12)29)14-7-15-10-28(26-20(15)16(22)8-14)19-4-5-27(3)11-17(19)23/h6-10,17,19H,4-5,11H2,1-3H3/t17-,19-/m0/s1. The molecule has 2 atom stereocenters. The highest BCUT2D eigenvalue weighted by atomic mass is 19.1. The molecule has 1 fully saturated rings. The van der Waals surface area contributed by atoms with Crippen molar-refractivity contribution in [3.63, 3.8) is 0 Å². The number of aromatic nitrogens is 5. The number of piperidine rings is 1. The van der Waals surface area contributed by atoms with E-state index in [1.807, 2.05) is 44.1 Å². The van der Waals surface area contributed by atoms with E-state index in [0.717, 1.165) is 23.4 Å². The summed E-state index contributed by atoms with van der Waals surface area (Å²) in [6.45, 7) is 5.03. The lowest BCUT2D eigenvalue weighted by Crippen LogP contribution is -2.40. The summed E-state index contributed by atoms with van der Waals surface area (Å²) in [6.07, 6.45) is 3.22. The number of fused-ring (bicyclic) bond motifs is 2. The average molecular weight is 396 g/mol. The highest BCUT2D eigenvalue weighted by Crippen LogP contribution is 2.30. The molecule has 1 saturated heterocycles. The van der Waals surface area contributed by atoms with Crippen LogP contribution in [0.15, 0.2) is 30.6 Å². The van der Waals surface area contributed by atoms with Gasteiger partial charge in [0.15, 0.2) is 11.5 Å². The van der Waals surface area contributed by atoms with Gasteiger partial charge in [-0.05, 0) is 51.1 Å². The third-order valence-corrected chi connectivity index (χ3v) is 5.66. The second-order valence-corrected chi connectivity index (χ2v) is 8.00. The van der Waals surface area contributed by atoms with Crippen LogP contribution in [0.2, 0.25) is 0 Å². The smallest absolute Gasteiger partial charge is 0.156 e. The minimum Gasteiger partial charge on any atom is -0.303 e. The van der Waals surface area contributed by atoms with Crippen LogP contribution in [0.4, 0.5) is 8.78 Å². The molecule has 0 saturated carbocycles. The highest BCUT2D eigenvalue weighted by Gasteiger charge is 2.30. The Balaban J connectivity index is 1.58. The summed E-state index contributed by atoms with van der Waals surface area (Å²) in [7, 11) is 1.90. The first-order valence-electron chi connectivity index (χ1n) is 9.74. The summed E-state index contributed by atoms with van der Waals surface area (Å²) in [5.74, 6) is -0.430. The van der Waals surface area contributed by atoms with Crippen molar-refractivity contribution in [3.05, 3.63) is 47.7 Å². The van der Waals surface area contributed by atoms with Crippen molar-refractivity contribution in [2.75, 3.05) is 20.1 Å². The SMILES string of the molecule is Cc1cn2nc(-c3cc(F)c4nn([C@H]5CCN(C)C[C@@H]5F)cc4c3)cc(C)c2n1. The van der Waals surface area contributed by atoms with Gasteiger partial charge in [-0.3, -0.25) is 4.68 Å². The van der Waals surface area contributed by atoms with E-state index in [-0.39, 0.29) is 11.6 Å². The van der Waals surface area contributed by atoms with E-state index in [1.165, 1.54) is 6.07 Å². The summed E-state index contributed by atoms with van der Waals surface area (Å²) in [5, 5.41) is 9.60. The van der Waals surface area contributed by atoms with Crippen LogP contribution in [0.5, 0.6) is 0 Å². The maximum atomic E-state index is 14.9. The Bertz CT molecular complexity index is 1230. The van der Waals surface area contributed by atoms with Crippen molar-refractivity contribution in [2.45, 2.75) is 32.5 Å².